The van der Waals surface area contributed by atoms with Crippen LogP contribution in [0.3, 0.4) is 0 Å². The van der Waals surface area contributed by atoms with Gasteiger partial charge in [-0.15, -0.1) is 0 Å². The molecule has 1 aromatic carbocycles. The van der Waals surface area contributed by atoms with E-state index in [1.807, 2.05) is 12.1 Å². The van der Waals surface area contributed by atoms with Gasteiger partial charge >= 0.3 is 0 Å². The first-order valence-corrected chi connectivity index (χ1v) is 5.45. The van der Waals surface area contributed by atoms with E-state index >= 15 is 0 Å². The highest BCUT2D eigenvalue weighted by molar-refractivity contribution is 5.49. The van der Waals surface area contributed by atoms with Crippen LogP contribution in [0.4, 0.5) is 0 Å². The molecule has 1 aliphatic heterocycles. The molecule has 0 spiro atoms. The third kappa shape index (κ3) is 1.47. The van der Waals surface area contributed by atoms with Gasteiger partial charge in [0.05, 0.1) is 6.10 Å². The summed E-state index contributed by atoms with van der Waals surface area (Å²) in [6.07, 6.45) is 2.60. The standard InChI is InChI=1S/C12H14O3/c13-10-3-1-2-8-6-11-12(7-9(8)10)15-5-4-14-11/h6-7,10,13H,1-5H2. The molecule has 80 valence electrons. The molecule has 1 aliphatic carbocycles. The van der Waals surface area contributed by atoms with Crippen molar-refractivity contribution in [3.63, 3.8) is 0 Å². The molecule has 15 heavy (non-hydrogen) atoms. The Hall–Kier alpha value is -1.22. The number of ether oxygens (including phenoxy) is 2. The maximum Gasteiger partial charge on any atom is 0.161 e. The van der Waals surface area contributed by atoms with Crippen LogP contribution in [0.5, 0.6) is 11.5 Å². The van der Waals surface area contributed by atoms with E-state index in [0.29, 0.717) is 13.2 Å². The molecule has 0 amide bonds. The van der Waals surface area contributed by atoms with Crippen molar-refractivity contribution in [3.05, 3.63) is 23.3 Å². The fourth-order valence-electron chi connectivity index (χ4n) is 2.31. The molecule has 0 saturated heterocycles. The fraction of sp³-hybridized carbons (Fsp3) is 0.500. The van der Waals surface area contributed by atoms with Crippen LogP contribution in [0.25, 0.3) is 0 Å². The monoisotopic (exact) mass is 206 g/mol. The number of hydrogen-bond donors (Lipinski definition) is 1. The highest BCUT2D eigenvalue weighted by atomic mass is 16.6. The second kappa shape index (κ2) is 3.42. The first-order chi connectivity index (χ1) is 7.34. The molecule has 1 N–H and O–H groups in total. The molecule has 2 aliphatic rings. The smallest absolute Gasteiger partial charge is 0.161 e. The van der Waals surface area contributed by atoms with E-state index < -0.39 is 0 Å². The van der Waals surface area contributed by atoms with Crippen LogP contribution in [-0.4, -0.2) is 18.3 Å². The van der Waals surface area contributed by atoms with Gasteiger partial charge in [-0.25, -0.2) is 0 Å². The van der Waals surface area contributed by atoms with E-state index in [4.69, 9.17) is 9.47 Å². The minimum Gasteiger partial charge on any atom is -0.486 e. The molecular formula is C12H14O3. The minimum atomic E-state index is -0.329. The molecular weight excluding hydrogens is 192 g/mol. The van der Waals surface area contributed by atoms with Crippen LogP contribution in [-0.2, 0) is 6.42 Å². The lowest BCUT2D eigenvalue weighted by Crippen LogP contribution is -2.17. The lowest BCUT2D eigenvalue weighted by Gasteiger charge is -2.25. The third-order valence-corrected chi connectivity index (χ3v) is 3.09. The second-order valence-electron chi connectivity index (χ2n) is 4.10. The molecule has 0 fully saturated rings. The zero-order valence-electron chi connectivity index (χ0n) is 8.53. The van der Waals surface area contributed by atoms with Crippen molar-refractivity contribution in [2.45, 2.75) is 25.4 Å². The van der Waals surface area contributed by atoms with Gasteiger partial charge in [0, 0.05) is 0 Å². The van der Waals surface area contributed by atoms with Crippen molar-refractivity contribution in [2.75, 3.05) is 13.2 Å². The summed E-state index contributed by atoms with van der Waals surface area (Å²) in [5.74, 6) is 1.61. The Morgan fingerprint density at radius 1 is 1.13 bits per heavy atom. The molecule has 0 aromatic heterocycles. The van der Waals surface area contributed by atoms with E-state index in [-0.39, 0.29) is 6.10 Å². The summed E-state index contributed by atoms with van der Waals surface area (Å²) in [7, 11) is 0. The van der Waals surface area contributed by atoms with Gasteiger partial charge in [0.2, 0.25) is 0 Å². The average molecular weight is 206 g/mol. The summed E-state index contributed by atoms with van der Waals surface area (Å²) in [4.78, 5) is 0. The quantitative estimate of drug-likeness (QED) is 0.703. The largest absolute Gasteiger partial charge is 0.486 e. The zero-order chi connectivity index (χ0) is 10.3. The van der Waals surface area contributed by atoms with E-state index in [0.717, 1.165) is 36.3 Å². The molecule has 3 nitrogen and oxygen atoms in total. The van der Waals surface area contributed by atoms with E-state index in [9.17, 15) is 5.11 Å². The Labute approximate surface area is 88.6 Å². The van der Waals surface area contributed by atoms with Gasteiger partial charge < -0.3 is 14.6 Å². The van der Waals surface area contributed by atoms with Crippen LogP contribution in [0.1, 0.15) is 30.1 Å². The summed E-state index contributed by atoms with van der Waals surface area (Å²) in [6.45, 7) is 1.22. The van der Waals surface area contributed by atoms with Crippen molar-refractivity contribution in [1.82, 2.24) is 0 Å². The SMILES string of the molecule is OC1CCCc2cc3c(cc21)OCCO3. The minimum absolute atomic E-state index is 0.329. The second-order valence-corrected chi connectivity index (χ2v) is 4.10. The molecule has 1 heterocycles. The Morgan fingerprint density at radius 3 is 2.67 bits per heavy atom. The summed E-state index contributed by atoms with van der Waals surface area (Å²) in [6, 6.07) is 3.96. The normalized spacial score (nSPS) is 23.4. The van der Waals surface area contributed by atoms with Crippen molar-refractivity contribution < 1.29 is 14.6 Å². The predicted molar refractivity (Wildman–Crippen MR) is 55.3 cm³/mol. The molecule has 3 heteroatoms. The number of hydrogen-bond acceptors (Lipinski definition) is 3. The van der Waals surface area contributed by atoms with Gasteiger partial charge in [0.25, 0.3) is 0 Å². The molecule has 1 aromatic rings. The lowest BCUT2D eigenvalue weighted by atomic mass is 9.89. The number of aliphatic hydroxyl groups is 1. The first-order valence-electron chi connectivity index (χ1n) is 5.45. The van der Waals surface area contributed by atoms with Crippen molar-refractivity contribution in [1.29, 1.82) is 0 Å². The third-order valence-electron chi connectivity index (χ3n) is 3.09. The van der Waals surface area contributed by atoms with Crippen LogP contribution in [0.15, 0.2) is 12.1 Å². The number of fused-ring (bicyclic) bond motifs is 2. The summed E-state index contributed by atoms with van der Waals surface area (Å²) >= 11 is 0. The average Bonchev–Trinajstić information content (AvgIpc) is 2.27. The predicted octanol–water partition coefficient (Wildman–Crippen LogP) is 1.83. The highest BCUT2D eigenvalue weighted by Gasteiger charge is 2.22. The van der Waals surface area contributed by atoms with Crippen molar-refractivity contribution >= 4 is 0 Å². The molecule has 3 rings (SSSR count). The maximum absolute atomic E-state index is 9.87. The summed E-state index contributed by atoms with van der Waals surface area (Å²) < 4.78 is 11.0. The van der Waals surface area contributed by atoms with Crippen LogP contribution in [0, 0.1) is 0 Å². The number of rotatable bonds is 0. The van der Waals surface area contributed by atoms with E-state index in [1.54, 1.807) is 0 Å². The first kappa shape index (κ1) is 9.04. The fourth-order valence-corrected chi connectivity index (χ4v) is 2.31. The van der Waals surface area contributed by atoms with Crippen LogP contribution < -0.4 is 9.47 Å². The van der Waals surface area contributed by atoms with Crippen LogP contribution >= 0.6 is 0 Å². The van der Waals surface area contributed by atoms with Crippen molar-refractivity contribution in [2.24, 2.45) is 0 Å². The highest BCUT2D eigenvalue weighted by Crippen LogP contribution is 2.39. The molecule has 1 unspecified atom stereocenters. The molecule has 0 radical (unpaired) electrons. The molecule has 0 saturated carbocycles. The van der Waals surface area contributed by atoms with E-state index in [2.05, 4.69) is 0 Å². The molecule has 0 bridgehead atoms. The van der Waals surface area contributed by atoms with E-state index in [1.165, 1.54) is 5.56 Å². The summed E-state index contributed by atoms with van der Waals surface area (Å²) in [5, 5.41) is 9.87. The number of aliphatic hydroxyl groups excluding tert-OH is 1. The lowest BCUT2D eigenvalue weighted by molar-refractivity contribution is 0.150. The van der Waals surface area contributed by atoms with Gasteiger partial charge in [0.15, 0.2) is 11.5 Å². The maximum atomic E-state index is 9.87. The van der Waals surface area contributed by atoms with Gasteiger partial charge in [-0.1, -0.05) is 0 Å². The number of benzene rings is 1. The topological polar surface area (TPSA) is 38.7 Å². The van der Waals surface area contributed by atoms with Gasteiger partial charge in [-0.2, -0.15) is 0 Å². The van der Waals surface area contributed by atoms with Crippen LogP contribution in [0.2, 0.25) is 0 Å². The molecule has 1 atom stereocenters. The number of aryl methyl sites for hydroxylation is 1. The Morgan fingerprint density at radius 2 is 1.87 bits per heavy atom. The van der Waals surface area contributed by atoms with Crippen molar-refractivity contribution in [3.8, 4) is 11.5 Å². The Kier molecular flexibility index (Phi) is 2.06. The Bertz CT molecular complexity index is 387. The van der Waals surface area contributed by atoms with Gasteiger partial charge in [-0.3, -0.25) is 0 Å². The summed E-state index contributed by atoms with van der Waals surface area (Å²) in [5.41, 5.74) is 2.23. The Balaban J connectivity index is 2.08. The van der Waals surface area contributed by atoms with Gasteiger partial charge in [-0.05, 0) is 42.5 Å². The zero-order valence-corrected chi connectivity index (χ0v) is 8.53. The van der Waals surface area contributed by atoms with Gasteiger partial charge in [0.1, 0.15) is 13.2 Å².